The zero-order chi connectivity index (χ0) is 19.4. The van der Waals surface area contributed by atoms with Gasteiger partial charge in [0.1, 0.15) is 0 Å². The minimum atomic E-state index is -0.136. The maximum absolute atomic E-state index is 12.6. The molecule has 1 heterocycles. The van der Waals surface area contributed by atoms with Gasteiger partial charge in [-0.05, 0) is 62.7 Å². The normalized spacial score (nSPS) is 10.8. The summed E-state index contributed by atoms with van der Waals surface area (Å²) in [4.78, 5) is 12.6. The number of aromatic nitrogens is 1. The molecule has 0 aliphatic rings. The molecule has 0 aliphatic heterocycles. The lowest BCUT2D eigenvalue weighted by Gasteiger charge is -2.12. The lowest BCUT2D eigenvalue weighted by molar-refractivity contribution is 0.0950. The molecule has 0 saturated heterocycles. The molecule has 1 N–H and O–H groups in total. The molecule has 3 rings (SSSR count). The van der Waals surface area contributed by atoms with Crippen molar-refractivity contribution in [2.45, 2.75) is 27.3 Å². The van der Waals surface area contributed by atoms with Crippen LogP contribution >= 0.6 is 0 Å². The summed E-state index contributed by atoms with van der Waals surface area (Å²) in [5, 5.41) is 4.16. The molecule has 27 heavy (non-hydrogen) atoms. The van der Waals surface area contributed by atoms with E-state index in [1.54, 1.807) is 18.2 Å². The average molecular weight is 366 g/mol. The van der Waals surface area contributed by atoms with Gasteiger partial charge in [0, 0.05) is 35.8 Å². The van der Waals surface area contributed by atoms with E-state index >= 15 is 0 Å². The summed E-state index contributed by atoms with van der Waals surface area (Å²) in [5.41, 5.74) is 4.02. The molecule has 3 aromatic rings. The Labute approximate surface area is 159 Å². The first-order valence-electron chi connectivity index (χ1n) is 9.26. The van der Waals surface area contributed by atoms with Crippen molar-refractivity contribution in [3.8, 4) is 11.5 Å². The fraction of sp³-hybridized carbons (Fsp3) is 0.318. The second kappa shape index (κ2) is 8.16. The van der Waals surface area contributed by atoms with Crippen LogP contribution < -0.4 is 14.8 Å². The van der Waals surface area contributed by atoms with Crippen LogP contribution in [-0.2, 0) is 13.6 Å². The minimum Gasteiger partial charge on any atom is -0.490 e. The molecule has 5 heteroatoms. The zero-order valence-corrected chi connectivity index (χ0v) is 16.3. The van der Waals surface area contributed by atoms with Gasteiger partial charge in [0.05, 0.1) is 13.2 Å². The third-order valence-electron chi connectivity index (χ3n) is 4.61. The van der Waals surface area contributed by atoms with Crippen molar-refractivity contribution >= 4 is 16.8 Å². The van der Waals surface area contributed by atoms with Gasteiger partial charge >= 0.3 is 0 Å². The molecule has 2 aromatic carbocycles. The maximum Gasteiger partial charge on any atom is 0.251 e. The summed E-state index contributed by atoms with van der Waals surface area (Å²) in [6.07, 6.45) is 0. The van der Waals surface area contributed by atoms with E-state index in [0.29, 0.717) is 36.8 Å². The predicted molar refractivity (Wildman–Crippen MR) is 108 cm³/mol. The molecule has 0 saturated carbocycles. The molecule has 0 spiro atoms. The largest absolute Gasteiger partial charge is 0.490 e. The second-order valence-corrected chi connectivity index (χ2v) is 6.45. The molecule has 5 nitrogen and oxygen atoms in total. The number of hydrogen-bond acceptors (Lipinski definition) is 3. The highest BCUT2D eigenvalue weighted by molar-refractivity contribution is 5.95. The van der Waals surface area contributed by atoms with Gasteiger partial charge in [-0.1, -0.05) is 6.07 Å². The Balaban J connectivity index is 1.72. The third-order valence-corrected chi connectivity index (χ3v) is 4.61. The number of rotatable bonds is 7. The highest BCUT2D eigenvalue weighted by Crippen LogP contribution is 2.28. The number of amides is 1. The molecular formula is C22H26N2O3. The number of aryl methyl sites for hydroxylation is 2. The summed E-state index contributed by atoms with van der Waals surface area (Å²) in [5.74, 6) is 1.11. The number of hydrogen-bond donors (Lipinski definition) is 1. The smallest absolute Gasteiger partial charge is 0.251 e. The number of benzene rings is 2. The quantitative estimate of drug-likeness (QED) is 0.681. The van der Waals surface area contributed by atoms with Gasteiger partial charge in [-0.3, -0.25) is 4.79 Å². The van der Waals surface area contributed by atoms with E-state index in [4.69, 9.17) is 9.47 Å². The van der Waals surface area contributed by atoms with E-state index in [9.17, 15) is 4.79 Å². The van der Waals surface area contributed by atoms with Crippen molar-refractivity contribution in [2.75, 3.05) is 13.2 Å². The summed E-state index contributed by atoms with van der Waals surface area (Å²) in [6, 6.07) is 13.7. The Morgan fingerprint density at radius 3 is 2.48 bits per heavy atom. The van der Waals surface area contributed by atoms with E-state index in [0.717, 1.165) is 5.56 Å². The number of nitrogens with one attached hydrogen (secondary N) is 1. The van der Waals surface area contributed by atoms with Gasteiger partial charge in [0.15, 0.2) is 11.5 Å². The fourth-order valence-corrected chi connectivity index (χ4v) is 3.12. The van der Waals surface area contributed by atoms with Crippen LogP contribution in [0.25, 0.3) is 10.9 Å². The number of ether oxygens (including phenoxy) is 2. The van der Waals surface area contributed by atoms with Crippen molar-refractivity contribution in [3.05, 3.63) is 59.3 Å². The Morgan fingerprint density at radius 1 is 1.00 bits per heavy atom. The van der Waals surface area contributed by atoms with Crippen molar-refractivity contribution in [2.24, 2.45) is 7.05 Å². The molecule has 142 valence electrons. The lowest BCUT2D eigenvalue weighted by Crippen LogP contribution is -2.22. The summed E-state index contributed by atoms with van der Waals surface area (Å²) in [7, 11) is 2.06. The fourth-order valence-electron chi connectivity index (χ4n) is 3.12. The Kier molecular flexibility index (Phi) is 5.69. The molecule has 0 fully saturated rings. The van der Waals surface area contributed by atoms with Crippen LogP contribution in [0, 0.1) is 6.92 Å². The van der Waals surface area contributed by atoms with Crippen molar-refractivity contribution in [3.63, 3.8) is 0 Å². The Hall–Kier alpha value is -2.95. The van der Waals surface area contributed by atoms with Gasteiger partial charge in [0.2, 0.25) is 0 Å². The van der Waals surface area contributed by atoms with Gasteiger partial charge in [0.25, 0.3) is 5.91 Å². The van der Waals surface area contributed by atoms with E-state index in [1.807, 2.05) is 19.9 Å². The maximum atomic E-state index is 12.6. The van der Waals surface area contributed by atoms with Gasteiger partial charge in [-0.25, -0.2) is 0 Å². The lowest BCUT2D eigenvalue weighted by atomic mass is 10.1. The monoisotopic (exact) mass is 366 g/mol. The molecule has 0 bridgehead atoms. The van der Waals surface area contributed by atoms with Gasteiger partial charge in [-0.2, -0.15) is 0 Å². The van der Waals surface area contributed by atoms with Crippen LogP contribution in [0.3, 0.4) is 0 Å². The van der Waals surface area contributed by atoms with Crippen molar-refractivity contribution in [1.29, 1.82) is 0 Å². The van der Waals surface area contributed by atoms with Crippen molar-refractivity contribution in [1.82, 2.24) is 9.88 Å². The Morgan fingerprint density at radius 2 is 1.74 bits per heavy atom. The van der Waals surface area contributed by atoms with E-state index < -0.39 is 0 Å². The highest BCUT2D eigenvalue weighted by Gasteiger charge is 2.12. The van der Waals surface area contributed by atoms with E-state index in [1.165, 1.54) is 16.6 Å². The standard InChI is InChI=1S/C22H26N2O3/c1-5-26-20-10-8-17(13-21(20)27-6-2)22(25)23-14-16-7-9-19-18(12-16)11-15(3)24(19)4/h7-13H,5-6,14H2,1-4H3,(H,23,25). The van der Waals surface area contributed by atoms with Gasteiger partial charge in [-0.15, -0.1) is 0 Å². The van der Waals surface area contributed by atoms with Crippen LogP contribution in [0.2, 0.25) is 0 Å². The molecular weight excluding hydrogens is 340 g/mol. The van der Waals surface area contributed by atoms with Crippen molar-refractivity contribution < 1.29 is 14.3 Å². The number of carbonyl (C=O) groups excluding carboxylic acids is 1. The SMILES string of the molecule is CCOc1ccc(C(=O)NCc2ccc3c(c2)cc(C)n3C)cc1OCC. The zero-order valence-electron chi connectivity index (χ0n) is 16.3. The molecule has 0 aliphatic carbocycles. The second-order valence-electron chi connectivity index (χ2n) is 6.45. The first-order chi connectivity index (χ1) is 13.0. The number of nitrogens with zero attached hydrogens (tertiary/aromatic N) is 1. The molecule has 1 amide bonds. The molecule has 0 unspecified atom stereocenters. The molecule has 0 atom stereocenters. The topological polar surface area (TPSA) is 52.5 Å². The number of fused-ring (bicyclic) bond motifs is 1. The van der Waals surface area contributed by atoms with Crippen LogP contribution in [0.15, 0.2) is 42.5 Å². The summed E-state index contributed by atoms with van der Waals surface area (Å²) < 4.78 is 13.3. The summed E-state index contributed by atoms with van der Waals surface area (Å²) in [6.45, 7) is 7.45. The van der Waals surface area contributed by atoms with Gasteiger partial charge < -0.3 is 19.4 Å². The molecule has 1 aromatic heterocycles. The third kappa shape index (κ3) is 4.08. The summed E-state index contributed by atoms with van der Waals surface area (Å²) >= 11 is 0. The molecule has 0 radical (unpaired) electrons. The Bertz CT molecular complexity index is 960. The van der Waals surface area contributed by atoms with Crippen LogP contribution in [0.5, 0.6) is 11.5 Å². The van der Waals surface area contributed by atoms with E-state index in [-0.39, 0.29) is 5.91 Å². The number of carbonyl (C=O) groups is 1. The van der Waals surface area contributed by atoms with E-state index in [2.05, 4.69) is 42.1 Å². The predicted octanol–water partition coefficient (Wildman–Crippen LogP) is 4.21. The van der Waals surface area contributed by atoms with Crippen LogP contribution in [0.1, 0.15) is 35.5 Å². The van der Waals surface area contributed by atoms with Crippen LogP contribution in [-0.4, -0.2) is 23.7 Å². The first-order valence-corrected chi connectivity index (χ1v) is 9.26. The first kappa shape index (κ1) is 18.8. The van der Waals surface area contributed by atoms with Crippen LogP contribution in [0.4, 0.5) is 0 Å². The highest BCUT2D eigenvalue weighted by atomic mass is 16.5. The minimum absolute atomic E-state index is 0.136. The average Bonchev–Trinajstić information content (AvgIpc) is 2.95.